The summed E-state index contributed by atoms with van der Waals surface area (Å²) >= 11 is 0. The standard InChI is InChI=1S/C13H22N2/c1-13(2,10-14)6-3-7-15-9-11-4-5-12(15)8-11/h11-12H,3-9H2,1-2H3. The highest BCUT2D eigenvalue weighted by molar-refractivity contribution is 4.94. The molecule has 0 aromatic rings. The summed E-state index contributed by atoms with van der Waals surface area (Å²) in [5, 5.41) is 8.93. The number of hydrogen-bond acceptors (Lipinski definition) is 2. The van der Waals surface area contributed by atoms with E-state index >= 15 is 0 Å². The Morgan fingerprint density at radius 2 is 2.20 bits per heavy atom. The van der Waals surface area contributed by atoms with Crippen LogP contribution in [-0.4, -0.2) is 24.0 Å². The third-order valence-corrected chi connectivity index (χ3v) is 4.07. The van der Waals surface area contributed by atoms with Gasteiger partial charge in [-0.2, -0.15) is 5.26 Å². The third kappa shape index (κ3) is 2.52. The van der Waals surface area contributed by atoms with Crippen LogP contribution in [0.25, 0.3) is 0 Å². The first-order valence-electron chi connectivity index (χ1n) is 6.26. The molecule has 1 saturated carbocycles. The Hall–Kier alpha value is -0.550. The van der Waals surface area contributed by atoms with Crippen molar-refractivity contribution in [3.63, 3.8) is 0 Å². The molecule has 2 fully saturated rings. The molecule has 2 bridgehead atoms. The molecule has 0 aromatic heterocycles. The molecular weight excluding hydrogens is 184 g/mol. The van der Waals surface area contributed by atoms with Gasteiger partial charge >= 0.3 is 0 Å². The van der Waals surface area contributed by atoms with Crippen LogP contribution >= 0.6 is 0 Å². The van der Waals surface area contributed by atoms with Crippen molar-refractivity contribution >= 4 is 0 Å². The summed E-state index contributed by atoms with van der Waals surface area (Å²) in [6.07, 6.45) is 6.56. The van der Waals surface area contributed by atoms with E-state index in [1.165, 1.54) is 38.8 Å². The molecule has 2 rings (SSSR count). The summed E-state index contributed by atoms with van der Waals surface area (Å²) in [5.41, 5.74) is -0.126. The summed E-state index contributed by atoms with van der Waals surface area (Å²) in [7, 11) is 0. The molecule has 0 spiro atoms. The summed E-state index contributed by atoms with van der Waals surface area (Å²) in [6, 6.07) is 3.27. The van der Waals surface area contributed by atoms with Crippen LogP contribution in [0, 0.1) is 22.7 Å². The van der Waals surface area contributed by atoms with Crippen LogP contribution in [0.5, 0.6) is 0 Å². The number of likely N-dealkylation sites (tertiary alicyclic amines) is 1. The maximum atomic E-state index is 8.93. The minimum Gasteiger partial charge on any atom is -0.300 e. The minimum atomic E-state index is -0.126. The van der Waals surface area contributed by atoms with Gasteiger partial charge in [-0.05, 0) is 58.4 Å². The lowest BCUT2D eigenvalue weighted by atomic mass is 9.89. The molecule has 0 amide bonds. The van der Waals surface area contributed by atoms with E-state index in [0.717, 1.165) is 18.4 Å². The molecule has 15 heavy (non-hydrogen) atoms. The van der Waals surface area contributed by atoms with Crippen molar-refractivity contribution in [3.8, 4) is 6.07 Å². The van der Waals surface area contributed by atoms with Crippen LogP contribution < -0.4 is 0 Å². The van der Waals surface area contributed by atoms with E-state index in [2.05, 4.69) is 11.0 Å². The van der Waals surface area contributed by atoms with E-state index in [1.807, 2.05) is 13.8 Å². The number of rotatable bonds is 4. The van der Waals surface area contributed by atoms with Crippen LogP contribution in [-0.2, 0) is 0 Å². The molecule has 2 nitrogen and oxygen atoms in total. The Morgan fingerprint density at radius 1 is 1.40 bits per heavy atom. The Bertz CT molecular complexity index is 264. The Balaban J connectivity index is 1.69. The molecular formula is C13H22N2. The van der Waals surface area contributed by atoms with Crippen molar-refractivity contribution < 1.29 is 0 Å². The fourth-order valence-electron chi connectivity index (χ4n) is 3.08. The highest BCUT2D eigenvalue weighted by Gasteiger charge is 2.37. The number of fused-ring (bicyclic) bond motifs is 2. The van der Waals surface area contributed by atoms with Gasteiger partial charge in [-0.1, -0.05) is 0 Å². The van der Waals surface area contributed by atoms with Gasteiger partial charge in [0.25, 0.3) is 0 Å². The zero-order valence-corrected chi connectivity index (χ0v) is 10.00. The average molecular weight is 206 g/mol. The van der Waals surface area contributed by atoms with E-state index < -0.39 is 0 Å². The molecule has 0 radical (unpaired) electrons. The van der Waals surface area contributed by atoms with E-state index in [9.17, 15) is 0 Å². The van der Waals surface area contributed by atoms with Crippen molar-refractivity contribution in [2.45, 2.75) is 52.0 Å². The summed E-state index contributed by atoms with van der Waals surface area (Å²) in [4.78, 5) is 2.65. The molecule has 2 atom stereocenters. The quantitative estimate of drug-likeness (QED) is 0.707. The van der Waals surface area contributed by atoms with Crippen molar-refractivity contribution in [3.05, 3.63) is 0 Å². The van der Waals surface area contributed by atoms with Crippen molar-refractivity contribution in [2.24, 2.45) is 11.3 Å². The molecule has 2 unspecified atom stereocenters. The molecule has 0 N–H and O–H groups in total. The van der Waals surface area contributed by atoms with Gasteiger partial charge in [0.05, 0.1) is 11.5 Å². The second kappa shape index (κ2) is 4.14. The van der Waals surface area contributed by atoms with Gasteiger partial charge in [0, 0.05) is 12.6 Å². The van der Waals surface area contributed by atoms with E-state index in [4.69, 9.17) is 5.26 Å². The van der Waals surface area contributed by atoms with Gasteiger partial charge in [-0.25, -0.2) is 0 Å². The van der Waals surface area contributed by atoms with Gasteiger partial charge < -0.3 is 4.90 Å². The number of piperidine rings is 1. The fraction of sp³-hybridized carbons (Fsp3) is 0.923. The van der Waals surface area contributed by atoms with Crippen LogP contribution in [0.4, 0.5) is 0 Å². The second-order valence-electron chi connectivity index (χ2n) is 5.93. The van der Waals surface area contributed by atoms with Crippen molar-refractivity contribution in [1.29, 1.82) is 5.26 Å². The molecule has 2 aliphatic rings. The van der Waals surface area contributed by atoms with Crippen molar-refractivity contribution in [1.82, 2.24) is 4.90 Å². The van der Waals surface area contributed by atoms with Crippen LogP contribution in [0.1, 0.15) is 46.0 Å². The number of hydrogen-bond donors (Lipinski definition) is 0. The van der Waals surface area contributed by atoms with Crippen molar-refractivity contribution in [2.75, 3.05) is 13.1 Å². The summed E-state index contributed by atoms with van der Waals surface area (Å²) in [5.74, 6) is 0.999. The average Bonchev–Trinajstić information content (AvgIpc) is 2.79. The molecule has 2 heteroatoms. The van der Waals surface area contributed by atoms with Gasteiger partial charge in [-0.15, -0.1) is 0 Å². The molecule has 1 heterocycles. The lowest BCUT2D eigenvalue weighted by Gasteiger charge is -2.27. The Morgan fingerprint density at radius 3 is 2.73 bits per heavy atom. The Labute approximate surface area is 93.3 Å². The summed E-state index contributed by atoms with van der Waals surface area (Å²) < 4.78 is 0. The largest absolute Gasteiger partial charge is 0.300 e. The van der Waals surface area contributed by atoms with E-state index in [-0.39, 0.29) is 5.41 Å². The predicted octanol–water partition coefficient (Wildman–Crippen LogP) is 2.80. The minimum absolute atomic E-state index is 0.126. The van der Waals surface area contributed by atoms with Gasteiger partial charge in [0.15, 0.2) is 0 Å². The first-order valence-corrected chi connectivity index (χ1v) is 6.26. The summed E-state index contributed by atoms with van der Waals surface area (Å²) in [6.45, 7) is 6.64. The molecule has 1 saturated heterocycles. The maximum absolute atomic E-state index is 8.93. The number of nitrogens with zero attached hydrogens (tertiary/aromatic N) is 2. The lowest BCUT2D eigenvalue weighted by molar-refractivity contribution is 0.203. The molecule has 84 valence electrons. The highest BCUT2D eigenvalue weighted by Crippen LogP contribution is 2.37. The maximum Gasteiger partial charge on any atom is 0.0683 e. The van der Waals surface area contributed by atoms with Crippen LogP contribution in [0.2, 0.25) is 0 Å². The van der Waals surface area contributed by atoms with Gasteiger partial charge in [-0.3, -0.25) is 0 Å². The smallest absolute Gasteiger partial charge is 0.0683 e. The zero-order chi connectivity index (χ0) is 10.9. The monoisotopic (exact) mass is 206 g/mol. The first-order chi connectivity index (χ1) is 7.11. The predicted molar refractivity (Wildman–Crippen MR) is 61.3 cm³/mol. The molecule has 0 aromatic carbocycles. The molecule has 1 aliphatic carbocycles. The fourth-order valence-corrected chi connectivity index (χ4v) is 3.08. The first kappa shape index (κ1) is 11.0. The SMILES string of the molecule is CC(C)(C#N)CCCN1CC2CCC1C2. The van der Waals surface area contributed by atoms with E-state index in [1.54, 1.807) is 0 Å². The normalized spacial score (nSPS) is 30.7. The second-order valence-corrected chi connectivity index (χ2v) is 5.93. The lowest BCUT2D eigenvalue weighted by Crippen LogP contribution is -2.33. The molecule has 1 aliphatic heterocycles. The van der Waals surface area contributed by atoms with E-state index in [0.29, 0.717) is 0 Å². The van der Waals surface area contributed by atoms with Crippen LogP contribution in [0.15, 0.2) is 0 Å². The highest BCUT2D eigenvalue weighted by atomic mass is 15.2. The van der Waals surface area contributed by atoms with Gasteiger partial charge in [0.1, 0.15) is 0 Å². The topological polar surface area (TPSA) is 27.0 Å². The van der Waals surface area contributed by atoms with Gasteiger partial charge in [0.2, 0.25) is 0 Å². The van der Waals surface area contributed by atoms with Crippen LogP contribution in [0.3, 0.4) is 0 Å². The number of nitriles is 1. The zero-order valence-electron chi connectivity index (χ0n) is 10.00. The third-order valence-electron chi connectivity index (χ3n) is 4.07. The Kier molecular flexibility index (Phi) is 3.02.